The zero-order valence-corrected chi connectivity index (χ0v) is 25.3. The van der Waals surface area contributed by atoms with Crippen LogP contribution in [0.4, 0.5) is 4.79 Å². The van der Waals surface area contributed by atoms with Crippen molar-refractivity contribution in [2.24, 2.45) is 11.8 Å². The van der Waals surface area contributed by atoms with Gasteiger partial charge in [0.05, 0.1) is 12.6 Å². The Balaban J connectivity index is 1.42. The van der Waals surface area contributed by atoms with Gasteiger partial charge in [-0.15, -0.1) is 0 Å². The van der Waals surface area contributed by atoms with Gasteiger partial charge < -0.3 is 24.6 Å². The van der Waals surface area contributed by atoms with E-state index in [9.17, 15) is 19.2 Å². The number of benzene rings is 1. The van der Waals surface area contributed by atoms with Crippen molar-refractivity contribution < 1.29 is 28.7 Å². The summed E-state index contributed by atoms with van der Waals surface area (Å²) in [6.45, 7) is 8.42. The number of likely N-dealkylation sites (tertiary alicyclic amines) is 2. The number of hydrogen-bond acceptors (Lipinski definition) is 7. The molecule has 4 atom stereocenters. The highest BCUT2D eigenvalue weighted by atomic mass is 32.1. The summed E-state index contributed by atoms with van der Waals surface area (Å²) in [6.07, 6.45) is 0.978. The van der Waals surface area contributed by atoms with Crippen molar-refractivity contribution in [2.75, 3.05) is 20.2 Å². The molecule has 2 saturated heterocycles. The molecule has 1 aromatic heterocycles. The molecular weight excluding hydrogens is 542 g/mol. The molecular formula is C31H41N3O6S. The molecule has 4 rings (SSSR count). The number of amides is 3. The van der Waals surface area contributed by atoms with E-state index >= 15 is 0 Å². The predicted octanol–water partition coefficient (Wildman–Crippen LogP) is 4.75. The summed E-state index contributed by atoms with van der Waals surface area (Å²) >= 11 is 1.34. The van der Waals surface area contributed by atoms with Crippen molar-refractivity contribution >= 4 is 35.0 Å². The standard InChI is InChI=1S/C31H41N3O6S/c1-19(2)11-12-25(39-5)30(37)34-18-24(35)28-23(34)15-16-33(28)29(36)22(17-20(3)4)32-31(38)40-27-14-13-26(41-27)21-9-7-6-8-10-21/h6-10,13-14,19-20,22-23,25,28H,11-12,15-18H2,1-5H3,(H,32,38). The molecule has 3 amide bonds. The van der Waals surface area contributed by atoms with Crippen LogP contribution in [0.25, 0.3) is 10.4 Å². The van der Waals surface area contributed by atoms with Crippen LogP contribution < -0.4 is 10.1 Å². The molecule has 1 N–H and O–H groups in total. The maximum atomic E-state index is 13.8. The lowest BCUT2D eigenvalue weighted by Crippen LogP contribution is -2.53. The minimum Gasteiger partial charge on any atom is -0.399 e. The van der Waals surface area contributed by atoms with Gasteiger partial charge in [0.2, 0.25) is 5.91 Å². The molecule has 10 heteroatoms. The molecule has 222 valence electrons. The van der Waals surface area contributed by atoms with Crippen LogP contribution in [0.1, 0.15) is 53.4 Å². The van der Waals surface area contributed by atoms with E-state index in [0.717, 1.165) is 16.9 Å². The van der Waals surface area contributed by atoms with Gasteiger partial charge in [-0.25, -0.2) is 4.79 Å². The van der Waals surface area contributed by atoms with Crippen LogP contribution in [-0.2, 0) is 19.1 Å². The smallest absolute Gasteiger partial charge is 0.399 e. The van der Waals surface area contributed by atoms with Crippen molar-refractivity contribution in [3.05, 3.63) is 42.5 Å². The normalized spacial score (nSPS) is 19.9. The summed E-state index contributed by atoms with van der Waals surface area (Å²) in [5, 5.41) is 3.17. The third-order valence-corrected chi connectivity index (χ3v) is 8.70. The number of methoxy groups -OCH3 is 1. The summed E-state index contributed by atoms with van der Waals surface area (Å²) in [5.41, 5.74) is 1.02. The summed E-state index contributed by atoms with van der Waals surface area (Å²) in [5.74, 6) is -0.156. The molecule has 2 fully saturated rings. The third-order valence-electron chi connectivity index (χ3n) is 7.68. The lowest BCUT2D eigenvalue weighted by Gasteiger charge is -2.29. The fourth-order valence-electron chi connectivity index (χ4n) is 5.66. The maximum Gasteiger partial charge on any atom is 0.414 e. The Morgan fingerprint density at radius 1 is 0.976 bits per heavy atom. The number of carbonyl (C=O) groups is 4. The molecule has 2 aromatic rings. The number of fused-ring (bicyclic) bond motifs is 1. The van der Waals surface area contributed by atoms with Gasteiger partial charge in [0, 0.05) is 18.5 Å². The van der Waals surface area contributed by atoms with Gasteiger partial charge in [0.1, 0.15) is 18.2 Å². The number of nitrogens with one attached hydrogen (secondary N) is 1. The zero-order valence-electron chi connectivity index (χ0n) is 24.5. The molecule has 41 heavy (non-hydrogen) atoms. The average molecular weight is 584 g/mol. The van der Waals surface area contributed by atoms with Crippen LogP contribution in [0, 0.1) is 11.8 Å². The highest BCUT2D eigenvalue weighted by molar-refractivity contribution is 7.17. The first-order valence-corrected chi connectivity index (χ1v) is 15.2. The van der Waals surface area contributed by atoms with Crippen molar-refractivity contribution in [1.29, 1.82) is 0 Å². The monoisotopic (exact) mass is 583 g/mol. The molecule has 0 spiro atoms. The number of thiophene rings is 1. The van der Waals surface area contributed by atoms with Crippen molar-refractivity contribution in [3.8, 4) is 15.5 Å². The maximum absolute atomic E-state index is 13.8. The Morgan fingerprint density at radius 3 is 2.37 bits per heavy atom. The summed E-state index contributed by atoms with van der Waals surface area (Å²) in [6, 6.07) is 11.5. The van der Waals surface area contributed by atoms with E-state index in [1.54, 1.807) is 15.9 Å². The highest BCUT2D eigenvalue weighted by Crippen LogP contribution is 2.34. The first-order chi connectivity index (χ1) is 19.6. The molecule has 4 unspecified atom stereocenters. The van der Waals surface area contributed by atoms with Gasteiger partial charge in [-0.3, -0.25) is 14.4 Å². The number of Topliss-reactive ketones (excluding diaryl/α,β-unsaturated/α-hetero) is 1. The van der Waals surface area contributed by atoms with Crippen molar-refractivity contribution in [3.63, 3.8) is 0 Å². The van der Waals surface area contributed by atoms with E-state index in [2.05, 4.69) is 19.2 Å². The zero-order chi connectivity index (χ0) is 29.7. The lowest BCUT2D eigenvalue weighted by molar-refractivity contribution is -0.144. The lowest BCUT2D eigenvalue weighted by atomic mass is 10.0. The highest BCUT2D eigenvalue weighted by Gasteiger charge is 2.53. The molecule has 2 aliphatic heterocycles. The number of hydrogen-bond donors (Lipinski definition) is 1. The van der Waals surface area contributed by atoms with E-state index < -0.39 is 24.3 Å². The molecule has 0 radical (unpaired) electrons. The largest absolute Gasteiger partial charge is 0.414 e. The minimum atomic E-state index is -0.856. The van der Waals surface area contributed by atoms with Crippen LogP contribution >= 0.6 is 11.3 Å². The summed E-state index contributed by atoms with van der Waals surface area (Å²) in [4.78, 5) is 57.2. The molecule has 3 heterocycles. The molecule has 9 nitrogen and oxygen atoms in total. The molecule has 2 aliphatic rings. The second kappa shape index (κ2) is 13.6. The average Bonchev–Trinajstić information content (AvgIpc) is 3.65. The van der Waals surface area contributed by atoms with Gasteiger partial charge in [0.15, 0.2) is 10.8 Å². The minimum absolute atomic E-state index is 0.0358. The van der Waals surface area contributed by atoms with Crippen molar-refractivity contribution in [2.45, 2.75) is 77.6 Å². The van der Waals surface area contributed by atoms with E-state index in [-0.39, 0.29) is 36.1 Å². The van der Waals surface area contributed by atoms with Crippen LogP contribution in [0.2, 0.25) is 0 Å². The van der Waals surface area contributed by atoms with E-state index in [1.165, 1.54) is 18.4 Å². The Bertz CT molecular complexity index is 1230. The molecule has 0 bridgehead atoms. The number of carbonyl (C=O) groups excluding carboxylic acids is 4. The van der Waals surface area contributed by atoms with Crippen LogP contribution in [0.15, 0.2) is 42.5 Å². The Labute approximate surface area is 246 Å². The fraction of sp³-hybridized carbons (Fsp3) is 0.548. The number of nitrogens with zero attached hydrogens (tertiary/aromatic N) is 2. The number of ketones is 1. The van der Waals surface area contributed by atoms with E-state index in [0.29, 0.717) is 36.8 Å². The van der Waals surface area contributed by atoms with Gasteiger partial charge in [-0.05, 0) is 55.2 Å². The van der Waals surface area contributed by atoms with Gasteiger partial charge >= 0.3 is 6.09 Å². The fourth-order valence-corrected chi connectivity index (χ4v) is 6.52. The molecule has 0 saturated carbocycles. The van der Waals surface area contributed by atoms with Crippen LogP contribution in [0.3, 0.4) is 0 Å². The van der Waals surface area contributed by atoms with Crippen LogP contribution in [-0.4, -0.2) is 77.9 Å². The van der Waals surface area contributed by atoms with E-state index in [4.69, 9.17) is 9.47 Å². The van der Waals surface area contributed by atoms with Crippen LogP contribution in [0.5, 0.6) is 5.06 Å². The predicted molar refractivity (Wildman–Crippen MR) is 158 cm³/mol. The summed E-state index contributed by atoms with van der Waals surface area (Å²) < 4.78 is 11.0. The Morgan fingerprint density at radius 2 is 1.71 bits per heavy atom. The topological polar surface area (TPSA) is 105 Å². The second-order valence-corrected chi connectivity index (χ2v) is 12.7. The van der Waals surface area contributed by atoms with Crippen molar-refractivity contribution in [1.82, 2.24) is 15.1 Å². The van der Waals surface area contributed by atoms with Gasteiger partial charge in [0.25, 0.3) is 5.91 Å². The first kappa shape index (κ1) is 30.7. The third kappa shape index (κ3) is 7.35. The Kier molecular flexibility index (Phi) is 10.2. The second-order valence-electron chi connectivity index (χ2n) is 11.7. The number of rotatable bonds is 11. The van der Waals surface area contributed by atoms with Gasteiger partial charge in [-0.2, -0.15) is 0 Å². The number of ether oxygens (including phenoxy) is 2. The molecule has 0 aliphatic carbocycles. The van der Waals surface area contributed by atoms with E-state index in [1.807, 2.05) is 50.2 Å². The first-order valence-electron chi connectivity index (χ1n) is 14.4. The molecule has 1 aromatic carbocycles. The Hall–Kier alpha value is -3.24. The summed E-state index contributed by atoms with van der Waals surface area (Å²) in [7, 11) is 1.52. The van der Waals surface area contributed by atoms with Gasteiger partial charge in [-0.1, -0.05) is 69.4 Å². The quantitative estimate of drug-likeness (QED) is 0.409. The SMILES string of the molecule is COC(CCC(C)C)C(=O)N1CC(=O)C2C1CCN2C(=O)C(CC(C)C)NC(=O)Oc1ccc(-c2ccccc2)s1.